The van der Waals surface area contributed by atoms with Crippen LogP contribution in [0.3, 0.4) is 0 Å². The predicted molar refractivity (Wildman–Crippen MR) is 302 cm³/mol. The summed E-state index contributed by atoms with van der Waals surface area (Å²) in [4.78, 5) is 37.8. The number of hydrogen-bond acceptors (Lipinski definition) is 6. The van der Waals surface area contributed by atoms with Gasteiger partial charge in [-0.15, -0.1) is 0 Å². The second-order valence-corrected chi connectivity index (χ2v) is 18.1. The molecule has 0 bridgehead atoms. The lowest BCUT2D eigenvalue weighted by molar-refractivity contribution is -0.167. The molecule has 0 aliphatic carbocycles. The molecule has 0 aromatic rings. The van der Waals surface area contributed by atoms with Gasteiger partial charge in [0.15, 0.2) is 6.10 Å². The van der Waals surface area contributed by atoms with Crippen LogP contribution in [0.1, 0.15) is 233 Å². The Hall–Kier alpha value is -4.45. The Morgan fingerprint density at radius 3 is 0.971 bits per heavy atom. The van der Waals surface area contributed by atoms with Gasteiger partial charge in [0.2, 0.25) is 0 Å². The number of allylic oxidation sites excluding steroid dienone is 22. The zero-order chi connectivity index (χ0) is 50.7. The fraction of sp³-hybridized carbons (Fsp3) is 0.609. The van der Waals surface area contributed by atoms with Crippen molar-refractivity contribution < 1.29 is 28.6 Å². The molecule has 0 N–H and O–H groups in total. The van der Waals surface area contributed by atoms with Crippen molar-refractivity contribution in [3.8, 4) is 0 Å². The molecule has 0 aliphatic rings. The van der Waals surface area contributed by atoms with E-state index in [9.17, 15) is 14.4 Å². The highest BCUT2D eigenvalue weighted by Crippen LogP contribution is 2.13. The van der Waals surface area contributed by atoms with Crippen LogP contribution in [0.25, 0.3) is 0 Å². The Kier molecular flexibility index (Phi) is 53.5. The van der Waals surface area contributed by atoms with Crippen molar-refractivity contribution in [3.63, 3.8) is 0 Å². The average Bonchev–Trinajstić information content (AvgIpc) is 3.36. The third-order valence-corrected chi connectivity index (χ3v) is 11.4. The number of carbonyl (C=O) groups is 3. The highest BCUT2D eigenvalue weighted by Gasteiger charge is 2.19. The molecule has 70 heavy (non-hydrogen) atoms. The Balaban J connectivity index is 4.25. The van der Waals surface area contributed by atoms with Crippen molar-refractivity contribution in [1.29, 1.82) is 0 Å². The minimum absolute atomic E-state index is 0.0972. The molecule has 0 aromatic heterocycles. The molecular formula is C64H102O6. The van der Waals surface area contributed by atoms with Gasteiger partial charge in [-0.2, -0.15) is 0 Å². The number of rotatable bonds is 49. The summed E-state index contributed by atoms with van der Waals surface area (Å²) >= 11 is 0. The topological polar surface area (TPSA) is 78.9 Å². The molecule has 0 fully saturated rings. The first-order chi connectivity index (χ1) is 34.5. The van der Waals surface area contributed by atoms with Crippen LogP contribution in [-0.2, 0) is 28.6 Å². The van der Waals surface area contributed by atoms with Crippen molar-refractivity contribution >= 4 is 17.9 Å². The van der Waals surface area contributed by atoms with Gasteiger partial charge in [-0.3, -0.25) is 14.4 Å². The SMILES string of the molecule is CC/C=C\C/C=C\C/C=C\C/C=C\C/C=C\C/C=C\C/C=C\C/C=C\C/C=C\C/C=C\CCCCC(=O)OCC(COC(=O)CCCCCCCCCCC)OC(=O)CCCCCCC/C=C\CCC. The minimum atomic E-state index is -0.800. The quantitative estimate of drug-likeness (QED) is 0.0262. The van der Waals surface area contributed by atoms with Gasteiger partial charge in [-0.25, -0.2) is 0 Å². The average molecular weight is 968 g/mol. The van der Waals surface area contributed by atoms with Gasteiger partial charge < -0.3 is 14.2 Å². The highest BCUT2D eigenvalue weighted by atomic mass is 16.6. The molecule has 0 rings (SSSR count). The zero-order valence-electron chi connectivity index (χ0n) is 45.0. The Bertz CT molecular complexity index is 1530. The van der Waals surface area contributed by atoms with Crippen LogP contribution in [0.15, 0.2) is 134 Å². The van der Waals surface area contributed by atoms with E-state index in [1.165, 1.54) is 51.4 Å². The van der Waals surface area contributed by atoms with Gasteiger partial charge in [0.25, 0.3) is 0 Å². The largest absolute Gasteiger partial charge is 0.462 e. The van der Waals surface area contributed by atoms with Crippen molar-refractivity contribution in [1.82, 2.24) is 0 Å². The molecule has 1 unspecified atom stereocenters. The van der Waals surface area contributed by atoms with Gasteiger partial charge in [0.05, 0.1) is 0 Å². The first-order valence-corrected chi connectivity index (χ1v) is 28.2. The van der Waals surface area contributed by atoms with E-state index < -0.39 is 6.10 Å². The van der Waals surface area contributed by atoms with E-state index in [0.29, 0.717) is 25.7 Å². The van der Waals surface area contributed by atoms with E-state index in [0.717, 1.165) is 135 Å². The molecule has 0 saturated carbocycles. The van der Waals surface area contributed by atoms with Crippen LogP contribution in [0.4, 0.5) is 0 Å². The van der Waals surface area contributed by atoms with Gasteiger partial charge in [-0.1, -0.05) is 231 Å². The maximum atomic E-state index is 12.7. The van der Waals surface area contributed by atoms with Gasteiger partial charge in [0, 0.05) is 19.3 Å². The Morgan fingerprint density at radius 1 is 0.300 bits per heavy atom. The molecule has 0 aromatic carbocycles. The molecule has 1 atom stereocenters. The molecule has 0 radical (unpaired) electrons. The van der Waals surface area contributed by atoms with Gasteiger partial charge in [-0.05, 0) is 116 Å². The van der Waals surface area contributed by atoms with E-state index >= 15 is 0 Å². The molecule has 0 saturated heterocycles. The lowest BCUT2D eigenvalue weighted by atomic mass is 10.1. The van der Waals surface area contributed by atoms with E-state index in [4.69, 9.17) is 14.2 Å². The third-order valence-electron chi connectivity index (χ3n) is 11.4. The van der Waals surface area contributed by atoms with E-state index in [-0.39, 0.29) is 31.1 Å². The zero-order valence-corrected chi connectivity index (χ0v) is 45.0. The number of ether oxygens (including phenoxy) is 3. The van der Waals surface area contributed by atoms with Gasteiger partial charge >= 0.3 is 17.9 Å². The molecular weight excluding hydrogens is 865 g/mol. The van der Waals surface area contributed by atoms with Crippen LogP contribution in [0.2, 0.25) is 0 Å². The van der Waals surface area contributed by atoms with Crippen LogP contribution in [-0.4, -0.2) is 37.2 Å². The van der Waals surface area contributed by atoms with Crippen molar-refractivity contribution in [2.24, 2.45) is 0 Å². The predicted octanol–water partition coefficient (Wildman–Crippen LogP) is 19.0. The summed E-state index contributed by atoms with van der Waals surface area (Å²) in [5.74, 6) is -0.965. The van der Waals surface area contributed by atoms with Crippen molar-refractivity contribution in [3.05, 3.63) is 134 Å². The molecule has 0 spiro atoms. The Labute approximate surface area is 430 Å². The summed E-state index contributed by atoms with van der Waals surface area (Å²) in [5, 5.41) is 0. The molecule has 0 aliphatic heterocycles. The lowest BCUT2D eigenvalue weighted by Gasteiger charge is -2.18. The lowest BCUT2D eigenvalue weighted by Crippen LogP contribution is -2.30. The van der Waals surface area contributed by atoms with Crippen LogP contribution >= 0.6 is 0 Å². The first kappa shape index (κ1) is 65.5. The summed E-state index contributed by atoms with van der Waals surface area (Å²) < 4.78 is 16.7. The van der Waals surface area contributed by atoms with E-state index in [1.54, 1.807) is 0 Å². The molecule has 6 nitrogen and oxygen atoms in total. The summed E-state index contributed by atoms with van der Waals surface area (Å²) in [6, 6.07) is 0. The number of hydrogen-bond donors (Lipinski definition) is 0. The van der Waals surface area contributed by atoms with Gasteiger partial charge in [0.1, 0.15) is 13.2 Å². The standard InChI is InChI=1S/C64H102O6/c1-4-7-10-13-16-19-21-22-23-24-25-26-27-28-29-30-31-32-33-34-35-36-37-38-39-40-41-42-43-46-48-51-54-57-63(66)69-60-61(59-68-62(65)56-53-50-47-44-18-15-12-9-6-3)70-64(67)58-55-52-49-45-20-17-14-11-8-5-2/h7,10-11,14,16,19,22-23,25-26,28-29,31-32,34-35,37-38,40-41,43,46,61H,4-6,8-9,12-13,15,17-18,20-21,24,27,30,33,36,39,42,44-45,47-60H2,1-3H3/b10-7-,14-11-,19-16-,23-22-,26-25-,29-28-,32-31-,35-34-,38-37-,41-40-,46-43-. The molecule has 394 valence electrons. The monoisotopic (exact) mass is 967 g/mol. The highest BCUT2D eigenvalue weighted by molar-refractivity contribution is 5.71. The fourth-order valence-electron chi connectivity index (χ4n) is 7.18. The van der Waals surface area contributed by atoms with Crippen LogP contribution < -0.4 is 0 Å². The fourth-order valence-corrected chi connectivity index (χ4v) is 7.18. The normalized spacial score (nSPS) is 13.1. The molecule has 0 amide bonds. The summed E-state index contributed by atoms with van der Waals surface area (Å²) in [5.41, 5.74) is 0. The van der Waals surface area contributed by atoms with Crippen molar-refractivity contribution in [2.45, 2.75) is 239 Å². The number of unbranched alkanes of at least 4 members (excludes halogenated alkanes) is 16. The maximum absolute atomic E-state index is 12.7. The summed E-state index contributed by atoms with van der Waals surface area (Å²) in [7, 11) is 0. The smallest absolute Gasteiger partial charge is 0.306 e. The third kappa shape index (κ3) is 54.5. The second kappa shape index (κ2) is 57.1. The van der Waals surface area contributed by atoms with E-state index in [1.807, 2.05) is 0 Å². The van der Waals surface area contributed by atoms with E-state index in [2.05, 4.69) is 154 Å². The van der Waals surface area contributed by atoms with Crippen molar-refractivity contribution in [2.75, 3.05) is 13.2 Å². The first-order valence-electron chi connectivity index (χ1n) is 28.2. The summed E-state index contributed by atoms with van der Waals surface area (Å²) in [6.07, 6.45) is 80.4. The Morgan fingerprint density at radius 2 is 0.586 bits per heavy atom. The minimum Gasteiger partial charge on any atom is -0.462 e. The number of esters is 3. The second-order valence-electron chi connectivity index (χ2n) is 18.1. The van der Waals surface area contributed by atoms with Crippen LogP contribution in [0.5, 0.6) is 0 Å². The van der Waals surface area contributed by atoms with Crippen LogP contribution in [0, 0.1) is 0 Å². The maximum Gasteiger partial charge on any atom is 0.306 e. The number of carbonyl (C=O) groups excluding carboxylic acids is 3. The molecule has 6 heteroatoms. The molecule has 0 heterocycles. The summed E-state index contributed by atoms with van der Waals surface area (Å²) in [6.45, 7) is 6.38.